The Morgan fingerprint density at radius 2 is 1.90 bits per heavy atom. The molecule has 0 amide bonds. The second-order valence-corrected chi connectivity index (χ2v) is 6.93. The van der Waals surface area contributed by atoms with Crippen LogP contribution in [0.1, 0.15) is 58.1 Å². The maximum Gasteiger partial charge on any atom is 0.0333 e. The van der Waals surface area contributed by atoms with Gasteiger partial charge in [-0.1, -0.05) is 26.8 Å². The number of hydrogen-bond donors (Lipinski definition) is 1. The van der Waals surface area contributed by atoms with Crippen molar-refractivity contribution in [3.63, 3.8) is 0 Å². The summed E-state index contributed by atoms with van der Waals surface area (Å²) in [7, 11) is 0. The van der Waals surface area contributed by atoms with Gasteiger partial charge in [-0.25, -0.2) is 0 Å². The molecule has 0 aromatic carbocycles. The van der Waals surface area contributed by atoms with Gasteiger partial charge >= 0.3 is 0 Å². The summed E-state index contributed by atoms with van der Waals surface area (Å²) >= 11 is 0. The third-order valence-electron chi connectivity index (χ3n) is 5.46. The van der Waals surface area contributed by atoms with Crippen LogP contribution in [-0.2, 0) is 6.54 Å². The van der Waals surface area contributed by atoms with Crippen molar-refractivity contribution in [2.75, 3.05) is 13.1 Å². The molecule has 1 aromatic heterocycles. The molecular formula is C18H31N3. The monoisotopic (exact) mass is 289 g/mol. The van der Waals surface area contributed by atoms with Crippen molar-refractivity contribution in [2.24, 2.45) is 0 Å². The van der Waals surface area contributed by atoms with Gasteiger partial charge in [0.1, 0.15) is 0 Å². The topological polar surface area (TPSA) is 28.2 Å². The van der Waals surface area contributed by atoms with E-state index in [1.54, 1.807) is 0 Å². The van der Waals surface area contributed by atoms with Crippen molar-refractivity contribution in [1.29, 1.82) is 0 Å². The van der Waals surface area contributed by atoms with E-state index in [4.69, 9.17) is 0 Å². The van der Waals surface area contributed by atoms with Gasteiger partial charge in [0.25, 0.3) is 0 Å². The van der Waals surface area contributed by atoms with Crippen LogP contribution in [0.5, 0.6) is 0 Å². The maximum absolute atomic E-state index is 4.36. The normalized spacial score (nSPS) is 26.0. The first-order chi connectivity index (χ1) is 9.97. The Bertz CT molecular complexity index is 467. The molecule has 118 valence electrons. The number of rotatable bonds is 5. The minimum atomic E-state index is 0.227. The first-order valence-electron chi connectivity index (χ1n) is 8.37. The summed E-state index contributed by atoms with van der Waals surface area (Å²) in [6.07, 6.45) is 7.50. The highest BCUT2D eigenvalue weighted by Crippen LogP contribution is 2.32. The molecule has 0 aliphatic carbocycles. The average Bonchev–Trinajstić information content (AvgIpc) is 2.48. The van der Waals surface area contributed by atoms with E-state index in [2.05, 4.69) is 55.9 Å². The fraction of sp³-hybridized carbons (Fsp3) is 0.722. The molecular weight excluding hydrogens is 258 g/mol. The number of nitrogens with zero attached hydrogens (tertiary/aromatic N) is 2. The number of aromatic nitrogens is 1. The second kappa shape index (κ2) is 6.45. The van der Waals surface area contributed by atoms with Gasteiger partial charge in [-0.15, -0.1) is 0 Å². The molecule has 0 bridgehead atoms. The Kier molecular flexibility index (Phi) is 5.05. The van der Waals surface area contributed by atoms with Gasteiger partial charge in [-0.3, -0.25) is 9.88 Å². The summed E-state index contributed by atoms with van der Waals surface area (Å²) in [4.78, 5) is 7.06. The molecule has 1 aliphatic rings. The van der Waals surface area contributed by atoms with Crippen molar-refractivity contribution in [1.82, 2.24) is 15.2 Å². The lowest BCUT2D eigenvalue weighted by molar-refractivity contribution is -0.00414. The lowest BCUT2D eigenvalue weighted by atomic mass is 9.82. The van der Waals surface area contributed by atoms with E-state index in [1.807, 2.05) is 12.4 Å². The molecule has 1 unspecified atom stereocenters. The van der Waals surface area contributed by atoms with Crippen molar-refractivity contribution in [3.05, 3.63) is 29.6 Å². The summed E-state index contributed by atoms with van der Waals surface area (Å²) in [5.74, 6) is 0. The molecule has 1 N–H and O–H groups in total. The molecule has 1 aliphatic heterocycles. The van der Waals surface area contributed by atoms with Crippen LogP contribution in [0.15, 0.2) is 18.5 Å². The summed E-state index contributed by atoms with van der Waals surface area (Å²) < 4.78 is 0. The molecule has 1 fully saturated rings. The molecule has 0 saturated carbocycles. The third kappa shape index (κ3) is 3.46. The predicted octanol–water partition coefficient (Wildman–Crippen LogP) is 3.52. The Morgan fingerprint density at radius 3 is 2.48 bits per heavy atom. The molecule has 1 atom stereocenters. The minimum absolute atomic E-state index is 0.227. The highest BCUT2D eigenvalue weighted by atomic mass is 15.3. The number of nitrogens with one attached hydrogen (secondary N) is 1. The zero-order valence-corrected chi connectivity index (χ0v) is 14.4. The molecule has 2 heterocycles. The van der Waals surface area contributed by atoms with E-state index in [0.29, 0.717) is 0 Å². The smallest absolute Gasteiger partial charge is 0.0333 e. The number of piperazine rings is 1. The van der Waals surface area contributed by atoms with Crippen LogP contribution < -0.4 is 5.32 Å². The highest BCUT2D eigenvalue weighted by Gasteiger charge is 2.42. The minimum Gasteiger partial charge on any atom is -0.308 e. The lowest BCUT2D eigenvalue weighted by Gasteiger charge is -2.53. The molecule has 2 rings (SSSR count). The fourth-order valence-corrected chi connectivity index (χ4v) is 3.47. The van der Waals surface area contributed by atoms with E-state index >= 15 is 0 Å². The molecule has 0 spiro atoms. The fourth-order valence-electron chi connectivity index (χ4n) is 3.47. The Labute approximate surface area is 130 Å². The van der Waals surface area contributed by atoms with Crippen LogP contribution in [0, 0.1) is 6.92 Å². The van der Waals surface area contributed by atoms with E-state index in [0.717, 1.165) is 19.6 Å². The van der Waals surface area contributed by atoms with Crippen LogP contribution in [0.4, 0.5) is 0 Å². The SMILES string of the molecule is CCC1(C)CN(Cc2cncc(C)c2)C(CC)(CC)CN1. The number of aryl methyl sites for hydroxylation is 1. The van der Waals surface area contributed by atoms with Crippen molar-refractivity contribution in [2.45, 2.75) is 71.5 Å². The molecule has 0 radical (unpaired) electrons. The lowest BCUT2D eigenvalue weighted by Crippen LogP contribution is -2.68. The van der Waals surface area contributed by atoms with Gasteiger partial charge in [0.2, 0.25) is 0 Å². The van der Waals surface area contributed by atoms with E-state index in [9.17, 15) is 0 Å². The second-order valence-electron chi connectivity index (χ2n) is 6.93. The quantitative estimate of drug-likeness (QED) is 0.899. The highest BCUT2D eigenvalue weighted by molar-refractivity contribution is 5.17. The third-order valence-corrected chi connectivity index (χ3v) is 5.46. The van der Waals surface area contributed by atoms with Gasteiger partial charge in [0.05, 0.1) is 0 Å². The molecule has 3 heteroatoms. The largest absolute Gasteiger partial charge is 0.308 e. The van der Waals surface area contributed by atoms with Gasteiger partial charge in [0, 0.05) is 43.1 Å². The Balaban J connectivity index is 2.25. The van der Waals surface area contributed by atoms with Gasteiger partial charge in [-0.2, -0.15) is 0 Å². The molecule has 21 heavy (non-hydrogen) atoms. The van der Waals surface area contributed by atoms with Gasteiger partial charge in [0.15, 0.2) is 0 Å². The zero-order chi connectivity index (χ0) is 15.5. The summed E-state index contributed by atoms with van der Waals surface area (Å²) in [5.41, 5.74) is 3.09. The van der Waals surface area contributed by atoms with Crippen LogP contribution in [0.3, 0.4) is 0 Å². The Hall–Kier alpha value is -0.930. The summed E-state index contributed by atoms with van der Waals surface area (Å²) in [6.45, 7) is 14.6. The Morgan fingerprint density at radius 1 is 1.19 bits per heavy atom. The van der Waals surface area contributed by atoms with Gasteiger partial charge < -0.3 is 5.32 Å². The van der Waals surface area contributed by atoms with Gasteiger partial charge in [-0.05, 0) is 44.2 Å². The number of hydrogen-bond acceptors (Lipinski definition) is 3. The zero-order valence-electron chi connectivity index (χ0n) is 14.4. The first kappa shape index (κ1) is 16.4. The van der Waals surface area contributed by atoms with Crippen molar-refractivity contribution < 1.29 is 0 Å². The molecule has 3 nitrogen and oxygen atoms in total. The van der Waals surface area contributed by atoms with Crippen molar-refractivity contribution in [3.8, 4) is 0 Å². The predicted molar refractivity (Wildman–Crippen MR) is 89.4 cm³/mol. The molecule has 1 aromatic rings. The average molecular weight is 289 g/mol. The van der Waals surface area contributed by atoms with Crippen LogP contribution in [-0.4, -0.2) is 34.1 Å². The van der Waals surface area contributed by atoms with Crippen LogP contribution in [0.25, 0.3) is 0 Å². The summed E-state index contributed by atoms with van der Waals surface area (Å²) in [6, 6.07) is 2.27. The molecule has 1 saturated heterocycles. The van der Waals surface area contributed by atoms with E-state index in [1.165, 1.54) is 30.4 Å². The number of pyridine rings is 1. The van der Waals surface area contributed by atoms with Crippen molar-refractivity contribution >= 4 is 0 Å². The van der Waals surface area contributed by atoms with E-state index < -0.39 is 0 Å². The standard InChI is InChI=1S/C18H31N3/c1-6-17(5)14-21(18(7-2,8-3)13-20-17)12-16-9-15(4)10-19-11-16/h9-11,20H,6-8,12-14H2,1-5H3. The maximum atomic E-state index is 4.36. The first-order valence-corrected chi connectivity index (χ1v) is 8.37. The van der Waals surface area contributed by atoms with Crippen LogP contribution in [0.2, 0.25) is 0 Å². The van der Waals surface area contributed by atoms with E-state index in [-0.39, 0.29) is 11.1 Å². The van der Waals surface area contributed by atoms with Crippen LogP contribution >= 0.6 is 0 Å². The summed E-state index contributed by atoms with van der Waals surface area (Å²) in [5, 5.41) is 3.81.